The Morgan fingerprint density at radius 3 is 3.11 bits per heavy atom. The molecule has 0 amide bonds. The molecule has 3 rings (SSSR count). The molecule has 0 radical (unpaired) electrons. The molecule has 1 saturated carbocycles. The van der Waals surface area contributed by atoms with Gasteiger partial charge < -0.3 is 10.1 Å². The van der Waals surface area contributed by atoms with Gasteiger partial charge in [-0.1, -0.05) is 11.3 Å². The van der Waals surface area contributed by atoms with Crippen LogP contribution in [0.25, 0.3) is 5.69 Å². The number of nitrogens with zero attached hydrogens (tertiary/aromatic N) is 3. The van der Waals surface area contributed by atoms with Crippen molar-refractivity contribution in [3.8, 4) is 11.4 Å². The molecule has 0 unspecified atom stereocenters. The highest BCUT2D eigenvalue weighted by molar-refractivity contribution is 5.39. The molecule has 1 aromatic carbocycles. The summed E-state index contributed by atoms with van der Waals surface area (Å²) in [6.45, 7) is 0.800. The lowest BCUT2D eigenvalue weighted by atomic mass is 10.3. The third kappa shape index (κ3) is 2.36. The van der Waals surface area contributed by atoms with E-state index in [9.17, 15) is 0 Å². The largest absolute Gasteiger partial charge is 0.497 e. The van der Waals surface area contributed by atoms with Crippen molar-refractivity contribution in [1.82, 2.24) is 20.3 Å². The van der Waals surface area contributed by atoms with Gasteiger partial charge in [0.05, 0.1) is 24.7 Å². The monoisotopic (exact) mass is 244 g/mol. The fourth-order valence-electron chi connectivity index (χ4n) is 1.87. The maximum atomic E-state index is 5.22. The highest BCUT2D eigenvalue weighted by Crippen LogP contribution is 2.20. The third-order valence-electron chi connectivity index (χ3n) is 3.07. The van der Waals surface area contributed by atoms with Crippen LogP contribution in [0.3, 0.4) is 0 Å². The second-order valence-electron chi connectivity index (χ2n) is 4.49. The topological polar surface area (TPSA) is 52.0 Å². The maximum Gasteiger partial charge on any atom is 0.121 e. The van der Waals surface area contributed by atoms with Crippen molar-refractivity contribution >= 4 is 0 Å². The molecule has 2 aromatic rings. The Morgan fingerprint density at radius 1 is 1.44 bits per heavy atom. The first-order valence-corrected chi connectivity index (χ1v) is 6.14. The Bertz CT molecular complexity index is 533. The van der Waals surface area contributed by atoms with E-state index in [2.05, 4.69) is 15.6 Å². The van der Waals surface area contributed by atoms with Crippen LogP contribution in [0.1, 0.15) is 18.5 Å². The first-order chi connectivity index (χ1) is 8.86. The van der Waals surface area contributed by atoms with Crippen molar-refractivity contribution in [2.45, 2.75) is 25.4 Å². The summed E-state index contributed by atoms with van der Waals surface area (Å²) in [6, 6.07) is 8.50. The summed E-state index contributed by atoms with van der Waals surface area (Å²) in [5.41, 5.74) is 2.04. The number of ether oxygens (including phenoxy) is 1. The molecule has 1 heterocycles. The molecule has 0 atom stereocenters. The number of nitrogens with one attached hydrogen (secondary N) is 1. The van der Waals surface area contributed by atoms with Crippen molar-refractivity contribution in [3.63, 3.8) is 0 Å². The summed E-state index contributed by atoms with van der Waals surface area (Å²) in [5, 5.41) is 11.6. The van der Waals surface area contributed by atoms with Crippen molar-refractivity contribution in [3.05, 3.63) is 36.2 Å². The molecule has 1 N–H and O–H groups in total. The number of hydrogen-bond acceptors (Lipinski definition) is 4. The minimum absolute atomic E-state index is 0.679. The number of benzene rings is 1. The molecule has 0 aliphatic heterocycles. The van der Waals surface area contributed by atoms with Gasteiger partial charge in [-0.15, -0.1) is 5.10 Å². The van der Waals surface area contributed by atoms with Gasteiger partial charge in [-0.2, -0.15) is 0 Å². The van der Waals surface area contributed by atoms with Crippen molar-refractivity contribution in [2.75, 3.05) is 7.11 Å². The van der Waals surface area contributed by atoms with Gasteiger partial charge in [0.2, 0.25) is 0 Å². The van der Waals surface area contributed by atoms with Crippen molar-refractivity contribution < 1.29 is 4.74 Å². The Labute approximate surface area is 106 Å². The van der Waals surface area contributed by atoms with Gasteiger partial charge in [0.25, 0.3) is 0 Å². The van der Waals surface area contributed by atoms with Crippen LogP contribution in [0, 0.1) is 0 Å². The predicted octanol–water partition coefficient (Wildman–Crippen LogP) is 1.53. The van der Waals surface area contributed by atoms with E-state index in [-0.39, 0.29) is 0 Å². The summed E-state index contributed by atoms with van der Waals surface area (Å²) in [7, 11) is 1.66. The van der Waals surface area contributed by atoms with E-state index in [1.54, 1.807) is 13.3 Å². The summed E-state index contributed by atoms with van der Waals surface area (Å²) >= 11 is 0. The fourth-order valence-corrected chi connectivity index (χ4v) is 1.87. The number of rotatable bonds is 5. The molecular weight excluding hydrogens is 228 g/mol. The molecular formula is C13H16N4O. The lowest BCUT2D eigenvalue weighted by Gasteiger charge is -2.08. The molecule has 5 heteroatoms. The third-order valence-corrected chi connectivity index (χ3v) is 3.07. The van der Waals surface area contributed by atoms with Crippen LogP contribution in [0.4, 0.5) is 0 Å². The number of hydrogen-bond donors (Lipinski definition) is 1. The second-order valence-corrected chi connectivity index (χ2v) is 4.49. The fraction of sp³-hybridized carbons (Fsp3) is 0.385. The molecule has 1 fully saturated rings. The Kier molecular flexibility index (Phi) is 2.98. The van der Waals surface area contributed by atoms with Crippen LogP contribution < -0.4 is 10.1 Å². The van der Waals surface area contributed by atoms with Crippen LogP contribution in [-0.2, 0) is 6.54 Å². The normalized spacial score (nSPS) is 14.7. The summed E-state index contributed by atoms with van der Waals surface area (Å²) in [5.74, 6) is 0.823. The van der Waals surface area contributed by atoms with Gasteiger partial charge in [-0.25, -0.2) is 4.68 Å². The van der Waals surface area contributed by atoms with E-state index in [0.717, 1.165) is 23.7 Å². The van der Waals surface area contributed by atoms with Crippen molar-refractivity contribution in [2.24, 2.45) is 0 Å². The van der Waals surface area contributed by atoms with Gasteiger partial charge >= 0.3 is 0 Å². The van der Waals surface area contributed by atoms with E-state index in [1.165, 1.54) is 12.8 Å². The summed E-state index contributed by atoms with van der Waals surface area (Å²) in [6.07, 6.45) is 4.36. The first kappa shape index (κ1) is 11.2. The standard InChI is InChI=1S/C13H16N4O/c1-18-13-4-2-3-11(7-13)17-12(9-15-16-17)8-14-10-5-6-10/h2-4,7,9-10,14H,5-6,8H2,1H3. The molecule has 94 valence electrons. The van der Waals surface area contributed by atoms with Gasteiger partial charge in [0.15, 0.2) is 0 Å². The molecule has 5 nitrogen and oxygen atoms in total. The lowest BCUT2D eigenvalue weighted by Crippen LogP contribution is -2.18. The van der Waals surface area contributed by atoms with E-state index in [0.29, 0.717) is 6.04 Å². The predicted molar refractivity (Wildman–Crippen MR) is 67.8 cm³/mol. The molecule has 1 aliphatic rings. The van der Waals surface area contributed by atoms with Gasteiger partial charge in [0, 0.05) is 18.7 Å². The minimum Gasteiger partial charge on any atom is -0.497 e. The van der Waals surface area contributed by atoms with Crippen LogP contribution in [-0.4, -0.2) is 28.1 Å². The zero-order valence-corrected chi connectivity index (χ0v) is 10.3. The van der Waals surface area contributed by atoms with Crippen molar-refractivity contribution in [1.29, 1.82) is 0 Å². The quantitative estimate of drug-likeness (QED) is 0.866. The van der Waals surface area contributed by atoms with Crippen LogP contribution >= 0.6 is 0 Å². The summed E-state index contributed by atoms with van der Waals surface area (Å²) < 4.78 is 7.07. The Morgan fingerprint density at radius 2 is 2.33 bits per heavy atom. The molecule has 0 bridgehead atoms. The summed E-state index contributed by atoms with van der Waals surface area (Å²) in [4.78, 5) is 0. The van der Waals surface area contributed by atoms with E-state index in [4.69, 9.17) is 4.74 Å². The van der Waals surface area contributed by atoms with Gasteiger partial charge in [-0.3, -0.25) is 0 Å². The van der Waals surface area contributed by atoms with E-state index >= 15 is 0 Å². The molecule has 0 saturated heterocycles. The van der Waals surface area contributed by atoms with Gasteiger partial charge in [0.1, 0.15) is 5.75 Å². The zero-order valence-electron chi connectivity index (χ0n) is 10.3. The minimum atomic E-state index is 0.679. The lowest BCUT2D eigenvalue weighted by molar-refractivity contribution is 0.414. The Balaban J connectivity index is 1.83. The number of methoxy groups -OCH3 is 1. The molecule has 1 aromatic heterocycles. The highest BCUT2D eigenvalue weighted by Gasteiger charge is 2.20. The maximum absolute atomic E-state index is 5.22. The van der Waals surface area contributed by atoms with E-state index < -0.39 is 0 Å². The molecule has 18 heavy (non-hydrogen) atoms. The van der Waals surface area contributed by atoms with Crippen LogP contribution in [0.2, 0.25) is 0 Å². The first-order valence-electron chi connectivity index (χ1n) is 6.14. The average Bonchev–Trinajstić information content (AvgIpc) is 3.13. The average molecular weight is 244 g/mol. The second kappa shape index (κ2) is 4.78. The molecule has 0 spiro atoms. The Hall–Kier alpha value is -1.88. The number of aromatic nitrogens is 3. The zero-order chi connectivity index (χ0) is 12.4. The van der Waals surface area contributed by atoms with Crippen LogP contribution in [0.5, 0.6) is 5.75 Å². The highest BCUT2D eigenvalue weighted by atomic mass is 16.5. The van der Waals surface area contributed by atoms with Crippen LogP contribution in [0.15, 0.2) is 30.5 Å². The SMILES string of the molecule is COc1cccc(-n2nncc2CNC2CC2)c1. The van der Waals surface area contributed by atoms with E-state index in [1.807, 2.05) is 28.9 Å². The molecule has 1 aliphatic carbocycles. The smallest absolute Gasteiger partial charge is 0.121 e. The van der Waals surface area contributed by atoms with Gasteiger partial charge in [-0.05, 0) is 25.0 Å².